The Kier molecular flexibility index (Phi) is 5.74. The number of phenols is 1. The van der Waals surface area contributed by atoms with E-state index in [1.807, 2.05) is 0 Å². The Balaban J connectivity index is 1.65. The molecule has 3 N–H and O–H groups in total. The molecule has 3 aromatic carbocycles. The summed E-state index contributed by atoms with van der Waals surface area (Å²) in [6.07, 6.45) is 0.205. The monoisotopic (exact) mass is 380 g/mol. The summed E-state index contributed by atoms with van der Waals surface area (Å²) >= 11 is 5.84. The number of rotatable bonds is 5. The normalized spacial score (nSPS) is 10.3. The number of carbonyl (C=O) groups excluding carboxylic acids is 2. The second kappa shape index (κ2) is 8.38. The lowest BCUT2D eigenvalue weighted by molar-refractivity contribution is -0.115. The van der Waals surface area contributed by atoms with E-state index >= 15 is 0 Å². The molecule has 2 amide bonds. The molecule has 0 aliphatic carbocycles. The van der Waals surface area contributed by atoms with Gasteiger partial charge in [-0.05, 0) is 48.0 Å². The molecule has 0 spiro atoms. The van der Waals surface area contributed by atoms with E-state index in [4.69, 9.17) is 11.6 Å². The third-order valence-electron chi connectivity index (χ3n) is 3.79. The molecule has 0 aromatic heterocycles. The maximum atomic E-state index is 12.4. The van der Waals surface area contributed by atoms with E-state index in [1.165, 1.54) is 12.1 Å². The van der Waals surface area contributed by atoms with Gasteiger partial charge >= 0.3 is 0 Å². The van der Waals surface area contributed by atoms with Crippen LogP contribution in [0.3, 0.4) is 0 Å². The van der Waals surface area contributed by atoms with Crippen LogP contribution in [-0.4, -0.2) is 16.9 Å². The third-order valence-corrected chi connectivity index (χ3v) is 4.04. The zero-order valence-electron chi connectivity index (χ0n) is 14.3. The second-order valence-electron chi connectivity index (χ2n) is 5.94. The number of aromatic hydroxyl groups is 1. The number of phenolic OH excluding ortho intramolecular Hbond substituents is 1. The molecular weight excluding hydrogens is 364 g/mol. The van der Waals surface area contributed by atoms with Crippen molar-refractivity contribution in [3.63, 3.8) is 0 Å². The van der Waals surface area contributed by atoms with Gasteiger partial charge in [-0.3, -0.25) is 9.59 Å². The highest BCUT2D eigenvalue weighted by molar-refractivity contribution is 6.30. The van der Waals surface area contributed by atoms with Crippen molar-refractivity contribution in [2.24, 2.45) is 0 Å². The summed E-state index contributed by atoms with van der Waals surface area (Å²) in [6.45, 7) is 0. The molecule has 6 heteroatoms. The molecule has 0 fully saturated rings. The first-order valence-electron chi connectivity index (χ1n) is 8.24. The highest BCUT2D eigenvalue weighted by Crippen LogP contribution is 2.18. The molecule has 0 unspecified atom stereocenters. The average molecular weight is 381 g/mol. The van der Waals surface area contributed by atoms with Crippen molar-refractivity contribution in [1.29, 1.82) is 0 Å². The molecule has 3 aromatic rings. The summed E-state index contributed by atoms with van der Waals surface area (Å²) in [5.74, 6) is -0.465. The highest BCUT2D eigenvalue weighted by atomic mass is 35.5. The van der Waals surface area contributed by atoms with Crippen molar-refractivity contribution in [2.75, 3.05) is 10.6 Å². The predicted octanol–water partition coefficient (Wildman–Crippen LogP) is 4.48. The Morgan fingerprint density at radius 1 is 0.852 bits per heavy atom. The van der Waals surface area contributed by atoms with Crippen LogP contribution >= 0.6 is 11.6 Å². The standard InChI is InChI=1S/C21H17ClN2O3/c22-16-9-7-14(8-10-16)11-20(26)23-17-4-1-3-15(12-17)21(27)24-18-5-2-6-19(25)13-18/h1-10,12-13,25H,11H2,(H,23,26)(H,24,27). The molecule has 0 atom stereocenters. The van der Waals surface area contributed by atoms with Crippen LogP contribution in [0.5, 0.6) is 5.75 Å². The third kappa shape index (κ3) is 5.33. The average Bonchev–Trinajstić information content (AvgIpc) is 2.64. The number of carbonyl (C=O) groups is 2. The van der Waals surface area contributed by atoms with Gasteiger partial charge < -0.3 is 15.7 Å². The van der Waals surface area contributed by atoms with E-state index in [2.05, 4.69) is 10.6 Å². The van der Waals surface area contributed by atoms with E-state index in [0.29, 0.717) is 22.0 Å². The lowest BCUT2D eigenvalue weighted by Gasteiger charge is -2.09. The van der Waals surface area contributed by atoms with Gasteiger partial charge in [0, 0.05) is 28.0 Å². The minimum Gasteiger partial charge on any atom is -0.508 e. The summed E-state index contributed by atoms with van der Waals surface area (Å²) in [5.41, 5.74) is 2.24. The van der Waals surface area contributed by atoms with Gasteiger partial charge in [0.15, 0.2) is 0 Å². The van der Waals surface area contributed by atoms with Gasteiger partial charge in [0.25, 0.3) is 5.91 Å². The van der Waals surface area contributed by atoms with Crippen molar-refractivity contribution in [1.82, 2.24) is 0 Å². The van der Waals surface area contributed by atoms with Crippen LogP contribution in [0.2, 0.25) is 5.02 Å². The topological polar surface area (TPSA) is 78.4 Å². The SMILES string of the molecule is O=C(Cc1ccc(Cl)cc1)Nc1cccc(C(=O)Nc2cccc(O)c2)c1. The number of anilines is 2. The fourth-order valence-corrected chi connectivity index (χ4v) is 2.64. The Morgan fingerprint density at radius 2 is 1.52 bits per heavy atom. The van der Waals surface area contributed by atoms with Crippen LogP contribution in [0.25, 0.3) is 0 Å². The van der Waals surface area contributed by atoms with Crippen LogP contribution in [0.4, 0.5) is 11.4 Å². The highest BCUT2D eigenvalue weighted by Gasteiger charge is 2.09. The van der Waals surface area contributed by atoms with Crippen LogP contribution in [0.1, 0.15) is 15.9 Å². The first-order chi connectivity index (χ1) is 13.0. The van der Waals surface area contributed by atoms with Crippen LogP contribution in [-0.2, 0) is 11.2 Å². The maximum Gasteiger partial charge on any atom is 0.255 e. The van der Waals surface area contributed by atoms with E-state index in [-0.39, 0.29) is 24.0 Å². The lowest BCUT2D eigenvalue weighted by atomic mass is 10.1. The van der Waals surface area contributed by atoms with Gasteiger partial charge in [0.2, 0.25) is 5.91 Å². The van der Waals surface area contributed by atoms with Crippen LogP contribution in [0, 0.1) is 0 Å². The predicted molar refractivity (Wildman–Crippen MR) is 106 cm³/mol. The minimum atomic E-state index is -0.339. The molecule has 0 saturated heterocycles. The molecule has 0 aliphatic heterocycles. The summed E-state index contributed by atoms with van der Waals surface area (Å²) < 4.78 is 0. The van der Waals surface area contributed by atoms with E-state index in [1.54, 1.807) is 60.7 Å². The zero-order valence-corrected chi connectivity index (χ0v) is 15.0. The molecule has 0 heterocycles. The Morgan fingerprint density at radius 3 is 2.22 bits per heavy atom. The van der Waals surface area contributed by atoms with Crippen molar-refractivity contribution >= 4 is 34.8 Å². The fraction of sp³-hybridized carbons (Fsp3) is 0.0476. The number of benzene rings is 3. The van der Waals surface area contributed by atoms with Crippen molar-refractivity contribution in [3.05, 3.63) is 88.9 Å². The summed E-state index contributed by atoms with van der Waals surface area (Å²) in [4.78, 5) is 24.6. The quantitative estimate of drug-likeness (QED) is 0.610. The molecule has 0 aliphatic rings. The van der Waals surface area contributed by atoms with Crippen molar-refractivity contribution < 1.29 is 14.7 Å². The van der Waals surface area contributed by atoms with Crippen molar-refractivity contribution in [2.45, 2.75) is 6.42 Å². The van der Waals surface area contributed by atoms with E-state index < -0.39 is 0 Å². The minimum absolute atomic E-state index is 0.0658. The number of halogens is 1. The first kappa shape index (κ1) is 18.5. The van der Waals surface area contributed by atoms with Gasteiger partial charge in [-0.15, -0.1) is 0 Å². The summed E-state index contributed by atoms with van der Waals surface area (Å²) in [7, 11) is 0. The lowest BCUT2D eigenvalue weighted by Crippen LogP contribution is -2.16. The first-order valence-corrected chi connectivity index (χ1v) is 8.62. The Bertz CT molecular complexity index is 971. The largest absolute Gasteiger partial charge is 0.508 e. The van der Waals surface area contributed by atoms with Gasteiger partial charge in [-0.2, -0.15) is 0 Å². The number of nitrogens with one attached hydrogen (secondary N) is 2. The number of hydrogen-bond donors (Lipinski definition) is 3. The molecule has 5 nitrogen and oxygen atoms in total. The molecule has 3 rings (SSSR count). The van der Waals surface area contributed by atoms with Gasteiger partial charge in [0.1, 0.15) is 5.75 Å². The second-order valence-corrected chi connectivity index (χ2v) is 6.37. The molecule has 0 bridgehead atoms. The molecular formula is C21H17ClN2O3. The molecule has 0 saturated carbocycles. The van der Waals surface area contributed by atoms with Crippen molar-refractivity contribution in [3.8, 4) is 5.75 Å². The fourth-order valence-electron chi connectivity index (χ4n) is 2.52. The maximum absolute atomic E-state index is 12.4. The molecule has 136 valence electrons. The van der Waals surface area contributed by atoms with E-state index in [0.717, 1.165) is 5.56 Å². The van der Waals surface area contributed by atoms with Crippen LogP contribution < -0.4 is 10.6 Å². The summed E-state index contributed by atoms with van der Waals surface area (Å²) in [5, 5.41) is 15.6. The zero-order chi connectivity index (χ0) is 19.2. The Labute approximate surface area is 161 Å². The number of amides is 2. The van der Waals surface area contributed by atoms with Gasteiger partial charge in [0.05, 0.1) is 6.42 Å². The molecule has 0 radical (unpaired) electrons. The van der Waals surface area contributed by atoms with Gasteiger partial charge in [-0.25, -0.2) is 0 Å². The van der Waals surface area contributed by atoms with E-state index in [9.17, 15) is 14.7 Å². The van der Waals surface area contributed by atoms with Gasteiger partial charge in [-0.1, -0.05) is 35.9 Å². The number of hydrogen-bond acceptors (Lipinski definition) is 3. The smallest absolute Gasteiger partial charge is 0.255 e. The Hall–Kier alpha value is -3.31. The van der Waals surface area contributed by atoms with Crippen LogP contribution in [0.15, 0.2) is 72.8 Å². The molecule has 27 heavy (non-hydrogen) atoms. The summed E-state index contributed by atoms with van der Waals surface area (Å²) in [6, 6.07) is 20.0.